The standard InChI is InChI=1S/C12H19N3O2/c1-4-15-8(3)9(7(2)14-15)12(5-6-12)10(13)11(16)17/h10H,4-6,13H2,1-3H3,(H,16,17). The second kappa shape index (κ2) is 3.84. The van der Waals surface area contributed by atoms with Crippen molar-refractivity contribution in [2.24, 2.45) is 5.73 Å². The summed E-state index contributed by atoms with van der Waals surface area (Å²) in [4.78, 5) is 11.1. The molecule has 1 aliphatic rings. The SMILES string of the molecule is CCn1nc(C)c(C2(C(N)C(=O)O)CC2)c1C. The molecular weight excluding hydrogens is 218 g/mol. The highest BCUT2D eigenvalue weighted by Gasteiger charge is 2.54. The first-order valence-electron chi connectivity index (χ1n) is 5.97. The quantitative estimate of drug-likeness (QED) is 0.817. The van der Waals surface area contributed by atoms with Gasteiger partial charge >= 0.3 is 5.97 Å². The Morgan fingerprint density at radius 3 is 2.53 bits per heavy atom. The molecule has 0 aliphatic heterocycles. The summed E-state index contributed by atoms with van der Waals surface area (Å²) in [6.07, 6.45) is 1.69. The average Bonchev–Trinajstić information content (AvgIpc) is 3.00. The molecule has 0 radical (unpaired) electrons. The summed E-state index contributed by atoms with van der Waals surface area (Å²) in [5, 5.41) is 13.6. The summed E-state index contributed by atoms with van der Waals surface area (Å²) < 4.78 is 1.92. The van der Waals surface area contributed by atoms with Crippen LogP contribution in [0.15, 0.2) is 0 Å². The van der Waals surface area contributed by atoms with Crippen LogP contribution in [0.1, 0.15) is 36.7 Å². The lowest BCUT2D eigenvalue weighted by Gasteiger charge is -2.20. The van der Waals surface area contributed by atoms with E-state index in [1.165, 1.54) is 0 Å². The molecular formula is C12H19N3O2. The molecule has 0 amide bonds. The van der Waals surface area contributed by atoms with Gasteiger partial charge in [-0.1, -0.05) is 0 Å². The van der Waals surface area contributed by atoms with Crippen LogP contribution in [0.3, 0.4) is 0 Å². The summed E-state index contributed by atoms with van der Waals surface area (Å²) in [6.45, 7) is 6.75. The third-order valence-corrected chi connectivity index (χ3v) is 3.83. The molecule has 0 spiro atoms. The fraction of sp³-hybridized carbons (Fsp3) is 0.667. The number of nitrogens with two attached hydrogens (primary N) is 1. The number of carbonyl (C=O) groups is 1. The summed E-state index contributed by atoms with van der Waals surface area (Å²) >= 11 is 0. The van der Waals surface area contributed by atoms with Gasteiger partial charge in [0.25, 0.3) is 0 Å². The Kier molecular flexibility index (Phi) is 2.73. The normalized spacial score (nSPS) is 19.1. The van der Waals surface area contributed by atoms with Gasteiger partial charge in [0.1, 0.15) is 6.04 Å². The molecule has 17 heavy (non-hydrogen) atoms. The number of hydrogen-bond donors (Lipinski definition) is 2. The number of carboxylic acids is 1. The van der Waals surface area contributed by atoms with Gasteiger partial charge in [0.15, 0.2) is 0 Å². The number of aliphatic carboxylic acids is 1. The smallest absolute Gasteiger partial charge is 0.321 e. The van der Waals surface area contributed by atoms with Crippen LogP contribution in [0.25, 0.3) is 0 Å². The molecule has 1 saturated carbocycles. The molecule has 3 N–H and O–H groups in total. The third-order valence-electron chi connectivity index (χ3n) is 3.83. The van der Waals surface area contributed by atoms with E-state index < -0.39 is 12.0 Å². The maximum absolute atomic E-state index is 11.1. The monoisotopic (exact) mass is 237 g/mol. The minimum Gasteiger partial charge on any atom is -0.480 e. The van der Waals surface area contributed by atoms with Crippen molar-refractivity contribution in [3.63, 3.8) is 0 Å². The van der Waals surface area contributed by atoms with Gasteiger partial charge in [-0.15, -0.1) is 0 Å². The summed E-state index contributed by atoms with van der Waals surface area (Å²) in [6, 6.07) is -0.825. The minimum absolute atomic E-state index is 0.382. The fourth-order valence-electron chi connectivity index (χ4n) is 2.81. The van der Waals surface area contributed by atoms with Crippen LogP contribution in [0.4, 0.5) is 0 Å². The Morgan fingerprint density at radius 1 is 1.59 bits per heavy atom. The van der Waals surface area contributed by atoms with Gasteiger partial charge in [-0.3, -0.25) is 9.48 Å². The van der Waals surface area contributed by atoms with Crippen molar-refractivity contribution in [2.45, 2.75) is 51.6 Å². The van der Waals surface area contributed by atoms with Crippen LogP contribution in [0.5, 0.6) is 0 Å². The lowest BCUT2D eigenvalue weighted by Crippen LogP contribution is -2.42. The first-order chi connectivity index (χ1) is 7.94. The molecule has 0 bridgehead atoms. The van der Waals surface area contributed by atoms with Crippen LogP contribution >= 0.6 is 0 Å². The van der Waals surface area contributed by atoms with Crippen molar-refractivity contribution in [3.05, 3.63) is 17.0 Å². The molecule has 1 heterocycles. The van der Waals surface area contributed by atoms with E-state index in [0.717, 1.165) is 36.3 Å². The maximum atomic E-state index is 11.1. The molecule has 1 fully saturated rings. The Bertz CT molecular complexity index is 461. The van der Waals surface area contributed by atoms with E-state index >= 15 is 0 Å². The van der Waals surface area contributed by atoms with E-state index in [9.17, 15) is 4.79 Å². The molecule has 5 nitrogen and oxygen atoms in total. The number of hydrogen-bond acceptors (Lipinski definition) is 3. The van der Waals surface area contributed by atoms with Gasteiger partial charge in [0.05, 0.1) is 5.69 Å². The zero-order valence-electron chi connectivity index (χ0n) is 10.5. The van der Waals surface area contributed by atoms with Crippen LogP contribution in [0, 0.1) is 13.8 Å². The van der Waals surface area contributed by atoms with Crippen LogP contribution in [-0.2, 0) is 16.8 Å². The minimum atomic E-state index is -0.925. The molecule has 2 rings (SSSR count). The zero-order chi connectivity index (χ0) is 12.8. The van der Waals surface area contributed by atoms with Gasteiger partial charge in [0, 0.05) is 23.2 Å². The van der Waals surface area contributed by atoms with Gasteiger partial charge in [-0.05, 0) is 33.6 Å². The van der Waals surface area contributed by atoms with E-state index in [1.54, 1.807) is 0 Å². The fourth-order valence-corrected chi connectivity index (χ4v) is 2.81. The zero-order valence-corrected chi connectivity index (χ0v) is 10.5. The molecule has 1 unspecified atom stereocenters. The van der Waals surface area contributed by atoms with Crippen LogP contribution < -0.4 is 5.73 Å². The van der Waals surface area contributed by atoms with Gasteiger partial charge < -0.3 is 10.8 Å². The molecule has 5 heteroatoms. The second-order valence-electron chi connectivity index (χ2n) is 4.83. The summed E-state index contributed by atoms with van der Waals surface area (Å²) in [5.74, 6) is -0.925. The predicted octanol–water partition coefficient (Wildman–Crippen LogP) is 0.963. The lowest BCUT2D eigenvalue weighted by molar-refractivity contribution is -0.139. The van der Waals surface area contributed by atoms with Crippen LogP contribution in [-0.4, -0.2) is 26.9 Å². The van der Waals surface area contributed by atoms with Crippen molar-refractivity contribution in [2.75, 3.05) is 0 Å². The molecule has 1 aliphatic carbocycles. The highest BCUT2D eigenvalue weighted by molar-refractivity contribution is 5.77. The van der Waals surface area contributed by atoms with E-state index in [1.807, 2.05) is 25.5 Å². The number of carboxylic acid groups (broad SMARTS) is 1. The predicted molar refractivity (Wildman–Crippen MR) is 63.9 cm³/mol. The summed E-state index contributed by atoms with van der Waals surface area (Å²) in [7, 11) is 0. The number of rotatable bonds is 4. The first-order valence-corrected chi connectivity index (χ1v) is 5.97. The average molecular weight is 237 g/mol. The second-order valence-corrected chi connectivity index (χ2v) is 4.83. The van der Waals surface area contributed by atoms with Crippen LogP contribution in [0.2, 0.25) is 0 Å². The Balaban J connectivity index is 2.47. The molecule has 1 aromatic rings. The Morgan fingerprint density at radius 2 is 2.18 bits per heavy atom. The molecule has 0 aromatic carbocycles. The molecule has 0 saturated heterocycles. The van der Waals surface area contributed by atoms with Crippen molar-refractivity contribution >= 4 is 5.97 Å². The topological polar surface area (TPSA) is 81.1 Å². The Hall–Kier alpha value is -1.36. The highest BCUT2D eigenvalue weighted by Crippen LogP contribution is 2.52. The van der Waals surface area contributed by atoms with E-state index in [0.29, 0.717) is 0 Å². The van der Waals surface area contributed by atoms with Crippen molar-refractivity contribution in [3.8, 4) is 0 Å². The molecule has 94 valence electrons. The third kappa shape index (κ3) is 1.65. The number of nitrogens with zero attached hydrogens (tertiary/aromatic N) is 2. The highest BCUT2D eigenvalue weighted by atomic mass is 16.4. The molecule has 1 atom stereocenters. The van der Waals surface area contributed by atoms with Gasteiger partial charge in [0.2, 0.25) is 0 Å². The van der Waals surface area contributed by atoms with Crippen molar-refractivity contribution in [1.82, 2.24) is 9.78 Å². The largest absolute Gasteiger partial charge is 0.480 e. The van der Waals surface area contributed by atoms with Crippen molar-refractivity contribution < 1.29 is 9.90 Å². The molecule has 1 aromatic heterocycles. The van der Waals surface area contributed by atoms with Gasteiger partial charge in [-0.2, -0.15) is 5.10 Å². The van der Waals surface area contributed by atoms with E-state index in [4.69, 9.17) is 10.8 Å². The lowest BCUT2D eigenvalue weighted by atomic mass is 9.87. The number of aromatic nitrogens is 2. The van der Waals surface area contributed by atoms with Gasteiger partial charge in [-0.25, -0.2) is 0 Å². The maximum Gasteiger partial charge on any atom is 0.321 e. The van der Waals surface area contributed by atoms with E-state index in [2.05, 4.69) is 5.10 Å². The number of aryl methyl sites for hydroxylation is 2. The Labute approximate surface area is 101 Å². The first kappa shape index (κ1) is 12.1. The summed E-state index contributed by atoms with van der Waals surface area (Å²) in [5.41, 5.74) is 8.48. The van der Waals surface area contributed by atoms with E-state index in [-0.39, 0.29) is 5.41 Å². The van der Waals surface area contributed by atoms with Crippen molar-refractivity contribution in [1.29, 1.82) is 0 Å².